The first-order valence-corrected chi connectivity index (χ1v) is 9.94. The molecular weight excluding hydrogens is 372 g/mol. The molecule has 1 aromatic heterocycles. The van der Waals surface area contributed by atoms with Gasteiger partial charge in [-0.05, 0) is 18.9 Å². The van der Waals surface area contributed by atoms with Crippen LogP contribution < -0.4 is 5.32 Å². The molecule has 3 aromatic rings. The van der Waals surface area contributed by atoms with Gasteiger partial charge in [0.15, 0.2) is 5.54 Å². The summed E-state index contributed by atoms with van der Waals surface area (Å²) in [5, 5.41) is 15.2. The lowest BCUT2D eigenvalue weighted by molar-refractivity contribution is -0.148. The number of aromatic nitrogens is 1. The van der Waals surface area contributed by atoms with Crippen molar-refractivity contribution >= 4 is 23.2 Å². The van der Waals surface area contributed by atoms with Gasteiger partial charge in [-0.3, -0.25) is 4.79 Å². The number of nitrogens with zero attached hydrogens (tertiary/aromatic N) is 1. The molecule has 6 heteroatoms. The molecule has 1 amide bonds. The number of benzene rings is 2. The number of carbonyl (C=O) groups is 2. The van der Waals surface area contributed by atoms with Crippen LogP contribution in [0.25, 0.3) is 10.6 Å². The fourth-order valence-corrected chi connectivity index (χ4v) is 3.90. The van der Waals surface area contributed by atoms with E-state index in [0.29, 0.717) is 11.3 Å². The minimum Gasteiger partial charge on any atom is -0.479 e. The van der Waals surface area contributed by atoms with Crippen molar-refractivity contribution in [1.29, 1.82) is 0 Å². The first-order chi connectivity index (χ1) is 13.4. The fraction of sp³-hybridized carbons (Fsp3) is 0.227. The Bertz CT molecular complexity index is 967. The lowest BCUT2D eigenvalue weighted by Crippen LogP contribution is -2.52. The number of aliphatic carboxylic acids is 1. The van der Waals surface area contributed by atoms with Crippen LogP contribution in [-0.4, -0.2) is 22.0 Å². The third-order valence-electron chi connectivity index (χ3n) is 4.71. The quantitative estimate of drug-likeness (QED) is 0.630. The topological polar surface area (TPSA) is 79.3 Å². The van der Waals surface area contributed by atoms with Gasteiger partial charge < -0.3 is 10.4 Å². The van der Waals surface area contributed by atoms with Gasteiger partial charge in [-0.1, -0.05) is 67.1 Å². The summed E-state index contributed by atoms with van der Waals surface area (Å²) >= 11 is 1.47. The summed E-state index contributed by atoms with van der Waals surface area (Å²) in [4.78, 5) is 29.2. The summed E-state index contributed by atoms with van der Waals surface area (Å²) in [6.07, 6.45) is 0.272. The number of carboxylic acids is 1. The molecule has 0 saturated heterocycles. The molecule has 28 heavy (non-hydrogen) atoms. The first kappa shape index (κ1) is 19.8. The molecule has 2 N–H and O–H groups in total. The molecule has 2 aromatic carbocycles. The van der Waals surface area contributed by atoms with Crippen LogP contribution in [0.4, 0.5) is 0 Å². The van der Waals surface area contributed by atoms with E-state index in [1.54, 1.807) is 31.2 Å². The van der Waals surface area contributed by atoms with Crippen LogP contribution in [0.5, 0.6) is 0 Å². The standard InChI is InChI=1S/C22H22N2O3S/c1-3-22(21(26)27,17-7-5-4-6-8-17)24-19(25)13-18-14-28-20(23-18)16-11-9-15(2)10-12-16/h4-12,14H,3,13H2,1-2H3,(H,24,25)(H,26,27). The van der Waals surface area contributed by atoms with E-state index < -0.39 is 11.5 Å². The zero-order valence-electron chi connectivity index (χ0n) is 15.8. The van der Waals surface area contributed by atoms with E-state index in [9.17, 15) is 14.7 Å². The Hall–Kier alpha value is -2.99. The highest BCUT2D eigenvalue weighted by atomic mass is 32.1. The average Bonchev–Trinajstić information content (AvgIpc) is 3.15. The molecule has 144 valence electrons. The summed E-state index contributed by atoms with van der Waals surface area (Å²) < 4.78 is 0. The van der Waals surface area contributed by atoms with Crippen molar-refractivity contribution in [3.63, 3.8) is 0 Å². The smallest absolute Gasteiger partial charge is 0.334 e. The van der Waals surface area contributed by atoms with Crippen molar-refractivity contribution < 1.29 is 14.7 Å². The third kappa shape index (κ3) is 4.12. The zero-order chi connectivity index (χ0) is 20.1. The second-order valence-electron chi connectivity index (χ2n) is 6.67. The van der Waals surface area contributed by atoms with E-state index in [1.165, 1.54) is 16.9 Å². The average molecular weight is 394 g/mol. The monoisotopic (exact) mass is 394 g/mol. The summed E-state index contributed by atoms with van der Waals surface area (Å²) in [6, 6.07) is 16.8. The van der Waals surface area contributed by atoms with E-state index in [-0.39, 0.29) is 18.7 Å². The molecule has 0 aliphatic rings. The van der Waals surface area contributed by atoms with Crippen LogP contribution >= 0.6 is 11.3 Å². The molecule has 0 radical (unpaired) electrons. The predicted molar refractivity (Wildman–Crippen MR) is 110 cm³/mol. The van der Waals surface area contributed by atoms with E-state index in [0.717, 1.165) is 10.6 Å². The first-order valence-electron chi connectivity index (χ1n) is 9.06. The summed E-state index contributed by atoms with van der Waals surface area (Å²) in [5.41, 5.74) is 1.90. The molecule has 5 nitrogen and oxygen atoms in total. The Morgan fingerprint density at radius 2 is 1.79 bits per heavy atom. The normalized spacial score (nSPS) is 12.9. The molecule has 0 saturated carbocycles. The van der Waals surface area contributed by atoms with E-state index in [4.69, 9.17) is 0 Å². The number of hydrogen-bond acceptors (Lipinski definition) is 4. The molecule has 3 rings (SSSR count). The predicted octanol–water partition coefficient (Wildman–Crippen LogP) is 4.17. The van der Waals surface area contributed by atoms with Gasteiger partial charge in [-0.25, -0.2) is 9.78 Å². The van der Waals surface area contributed by atoms with Crippen molar-refractivity contribution in [2.24, 2.45) is 0 Å². The van der Waals surface area contributed by atoms with E-state index >= 15 is 0 Å². The van der Waals surface area contributed by atoms with Crippen molar-refractivity contribution in [1.82, 2.24) is 10.3 Å². The maximum atomic E-state index is 12.6. The van der Waals surface area contributed by atoms with Crippen LogP contribution in [0.1, 0.15) is 30.2 Å². The molecule has 1 atom stereocenters. The highest BCUT2D eigenvalue weighted by Gasteiger charge is 2.40. The highest BCUT2D eigenvalue weighted by Crippen LogP contribution is 2.27. The van der Waals surface area contributed by atoms with Crippen LogP contribution in [0, 0.1) is 6.92 Å². The minimum atomic E-state index is -1.45. The Kier molecular flexibility index (Phi) is 5.90. The number of carbonyl (C=O) groups excluding carboxylic acids is 1. The van der Waals surface area contributed by atoms with Crippen molar-refractivity contribution in [2.75, 3.05) is 0 Å². The number of carboxylic acid groups (broad SMARTS) is 1. The molecule has 1 heterocycles. The van der Waals surface area contributed by atoms with Gasteiger partial charge in [-0.2, -0.15) is 0 Å². The van der Waals surface area contributed by atoms with Crippen molar-refractivity contribution in [3.8, 4) is 10.6 Å². The lowest BCUT2D eigenvalue weighted by Gasteiger charge is -2.30. The van der Waals surface area contributed by atoms with Crippen molar-refractivity contribution in [3.05, 3.63) is 76.8 Å². The van der Waals surface area contributed by atoms with Gasteiger partial charge in [0.2, 0.25) is 5.91 Å². The van der Waals surface area contributed by atoms with E-state index in [2.05, 4.69) is 10.3 Å². The molecule has 0 aliphatic heterocycles. The minimum absolute atomic E-state index is 0.0320. The van der Waals surface area contributed by atoms with E-state index in [1.807, 2.05) is 42.6 Å². The van der Waals surface area contributed by atoms with Gasteiger partial charge in [0, 0.05) is 10.9 Å². The number of aryl methyl sites for hydroxylation is 1. The van der Waals surface area contributed by atoms with Crippen LogP contribution in [0.3, 0.4) is 0 Å². The summed E-state index contributed by atoms with van der Waals surface area (Å²) in [5.74, 6) is -1.44. The second kappa shape index (κ2) is 8.35. The Labute approximate surface area is 168 Å². The maximum absolute atomic E-state index is 12.6. The molecule has 0 spiro atoms. The fourth-order valence-electron chi connectivity index (χ4n) is 3.08. The second-order valence-corrected chi connectivity index (χ2v) is 7.52. The van der Waals surface area contributed by atoms with Gasteiger partial charge in [-0.15, -0.1) is 11.3 Å². The molecule has 1 unspecified atom stereocenters. The molecular formula is C22H22N2O3S. The Balaban J connectivity index is 1.77. The Morgan fingerprint density at radius 1 is 1.11 bits per heavy atom. The van der Waals surface area contributed by atoms with Crippen molar-refractivity contribution in [2.45, 2.75) is 32.2 Å². The van der Waals surface area contributed by atoms with Gasteiger partial charge in [0.05, 0.1) is 12.1 Å². The number of rotatable bonds is 7. The molecule has 0 fully saturated rings. The zero-order valence-corrected chi connectivity index (χ0v) is 16.6. The van der Waals surface area contributed by atoms with Crippen LogP contribution in [-0.2, 0) is 21.5 Å². The molecule has 0 bridgehead atoms. The number of nitrogens with one attached hydrogen (secondary N) is 1. The van der Waals surface area contributed by atoms with Gasteiger partial charge >= 0.3 is 5.97 Å². The lowest BCUT2D eigenvalue weighted by atomic mass is 9.87. The third-order valence-corrected chi connectivity index (χ3v) is 5.65. The number of amides is 1. The Morgan fingerprint density at radius 3 is 2.39 bits per heavy atom. The van der Waals surface area contributed by atoms with Gasteiger partial charge in [0.1, 0.15) is 5.01 Å². The van der Waals surface area contributed by atoms with Crippen LogP contribution in [0.2, 0.25) is 0 Å². The number of thiazole rings is 1. The largest absolute Gasteiger partial charge is 0.479 e. The number of hydrogen-bond donors (Lipinski definition) is 2. The summed E-state index contributed by atoms with van der Waals surface area (Å²) in [7, 11) is 0. The van der Waals surface area contributed by atoms with Gasteiger partial charge in [0.25, 0.3) is 0 Å². The SMILES string of the molecule is CCC(NC(=O)Cc1csc(-c2ccc(C)cc2)n1)(C(=O)O)c1ccccc1. The maximum Gasteiger partial charge on any atom is 0.334 e. The molecule has 0 aliphatic carbocycles. The summed E-state index contributed by atoms with van der Waals surface area (Å²) in [6.45, 7) is 3.77. The highest BCUT2D eigenvalue weighted by molar-refractivity contribution is 7.13. The van der Waals surface area contributed by atoms with Crippen LogP contribution in [0.15, 0.2) is 60.0 Å².